The van der Waals surface area contributed by atoms with E-state index in [0.29, 0.717) is 10.4 Å². The van der Waals surface area contributed by atoms with Gasteiger partial charge in [-0.05, 0) is 35.7 Å². The molecule has 0 saturated carbocycles. The monoisotopic (exact) mass is 635 g/mol. The third-order valence-corrected chi connectivity index (χ3v) is 7.68. The van der Waals surface area contributed by atoms with Crippen LogP contribution in [-0.2, 0) is 34.7 Å². The SMILES string of the molecule is CS(=O)(=O)N(CCOS(=O)(=O)O)c1ccc2c(O)c(N=Nc3ccc([N+](=O)[O-])cc3[N+](=O)[O-])c(S(=O)(=O)O)cc2c1. The molecule has 22 heteroatoms. The number of phenols is 1. The van der Waals surface area contributed by atoms with Crippen molar-refractivity contribution in [2.75, 3.05) is 23.7 Å². The highest BCUT2D eigenvalue weighted by atomic mass is 32.3. The lowest BCUT2D eigenvalue weighted by atomic mass is 10.1. The van der Waals surface area contributed by atoms with Gasteiger partial charge in [-0.15, -0.1) is 10.2 Å². The van der Waals surface area contributed by atoms with E-state index < -0.39 is 86.9 Å². The number of hydrogen-bond acceptors (Lipinski definition) is 14. The molecule has 0 bridgehead atoms. The van der Waals surface area contributed by atoms with E-state index in [2.05, 4.69) is 14.4 Å². The van der Waals surface area contributed by atoms with Crippen molar-refractivity contribution in [1.82, 2.24) is 0 Å². The van der Waals surface area contributed by atoms with Crippen molar-refractivity contribution in [3.63, 3.8) is 0 Å². The second kappa shape index (κ2) is 11.3. The Morgan fingerprint density at radius 1 is 0.927 bits per heavy atom. The van der Waals surface area contributed by atoms with Gasteiger partial charge in [0, 0.05) is 11.5 Å². The van der Waals surface area contributed by atoms with Gasteiger partial charge in [0.25, 0.3) is 15.8 Å². The molecule has 220 valence electrons. The molecule has 0 aliphatic rings. The maximum absolute atomic E-state index is 12.3. The molecule has 3 aromatic rings. The molecule has 0 fully saturated rings. The molecule has 0 aromatic heterocycles. The highest BCUT2D eigenvalue weighted by Gasteiger charge is 2.25. The predicted molar refractivity (Wildman–Crippen MR) is 139 cm³/mol. The van der Waals surface area contributed by atoms with Gasteiger partial charge in [-0.25, -0.2) is 12.6 Å². The van der Waals surface area contributed by atoms with Gasteiger partial charge in [0.15, 0.2) is 11.4 Å². The minimum Gasteiger partial charge on any atom is -0.505 e. The fourth-order valence-electron chi connectivity index (χ4n) is 3.46. The first-order valence-corrected chi connectivity index (χ1v) is 15.2. The molecule has 3 aromatic carbocycles. The van der Waals surface area contributed by atoms with Crippen LogP contribution in [0.4, 0.5) is 28.4 Å². The molecule has 0 aliphatic heterocycles. The third-order valence-electron chi connectivity index (χ3n) is 5.15. The third kappa shape index (κ3) is 7.44. The largest absolute Gasteiger partial charge is 0.505 e. The van der Waals surface area contributed by atoms with Crippen molar-refractivity contribution in [2.24, 2.45) is 10.2 Å². The highest BCUT2D eigenvalue weighted by molar-refractivity contribution is 7.92. The Kier molecular flexibility index (Phi) is 8.56. The lowest BCUT2D eigenvalue weighted by Gasteiger charge is -2.22. The quantitative estimate of drug-likeness (QED) is 0.118. The first-order valence-electron chi connectivity index (χ1n) is 10.5. The first-order chi connectivity index (χ1) is 18.8. The van der Waals surface area contributed by atoms with Crippen LogP contribution in [0.15, 0.2) is 57.6 Å². The van der Waals surface area contributed by atoms with E-state index in [1.165, 1.54) is 0 Å². The van der Waals surface area contributed by atoms with Crippen molar-refractivity contribution in [3.05, 3.63) is 62.7 Å². The fraction of sp³-hybridized carbons (Fsp3) is 0.158. The summed E-state index contributed by atoms with van der Waals surface area (Å²) in [6, 6.07) is 6.37. The Morgan fingerprint density at radius 2 is 1.59 bits per heavy atom. The Balaban J connectivity index is 2.17. The lowest BCUT2D eigenvalue weighted by molar-refractivity contribution is -0.393. The number of anilines is 1. The van der Waals surface area contributed by atoms with Crippen molar-refractivity contribution in [1.29, 1.82) is 0 Å². The average Bonchev–Trinajstić information content (AvgIpc) is 2.83. The van der Waals surface area contributed by atoms with Crippen molar-refractivity contribution in [3.8, 4) is 5.75 Å². The second-order valence-corrected chi connectivity index (χ2v) is 12.3. The molecule has 41 heavy (non-hydrogen) atoms. The van der Waals surface area contributed by atoms with Gasteiger partial charge in [0.2, 0.25) is 10.0 Å². The number of sulfonamides is 1. The van der Waals surface area contributed by atoms with E-state index in [0.717, 1.165) is 42.7 Å². The summed E-state index contributed by atoms with van der Waals surface area (Å²) in [6.07, 6.45) is 0.757. The maximum atomic E-state index is 12.3. The van der Waals surface area contributed by atoms with Gasteiger partial charge in [0.05, 0.1) is 41.0 Å². The average molecular weight is 636 g/mol. The number of benzene rings is 3. The van der Waals surface area contributed by atoms with Gasteiger partial charge in [0.1, 0.15) is 10.6 Å². The van der Waals surface area contributed by atoms with Crippen molar-refractivity contribution >= 4 is 69.7 Å². The van der Waals surface area contributed by atoms with Crippen LogP contribution in [0.5, 0.6) is 5.75 Å². The standard InChI is InChI=1S/C19H17N5O14S3/c1-39(30,31)22(6-7-38-41(35,36)37)12-2-4-14-11(8-12)9-17(40(32,33)34)18(19(14)25)21-20-15-5-3-13(23(26)27)10-16(15)24(28)29/h2-5,8-10,25H,6-7H2,1H3,(H,32,33,34)(H,35,36,37). The van der Waals surface area contributed by atoms with Crippen LogP contribution >= 0.6 is 0 Å². The lowest BCUT2D eigenvalue weighted by Crippen LogP contribution is -2.33. The van der Waals surface area contributed by atoms with E-state index >= 15 is 0 Å². The molecule has 0 spiro atoms. The summed E-state index contributed by atoms with van der Waals surface area (Å²) in [7, 11) is -14.2. The van der Waals surface area contributed by atoms with E-state index in [4.69, 9.17) is 4.55 Å². The number of nitrogens with zero attached hydrogens (tertiary/aromatic N) is 5. The summed E-state index contributed by atoms with van der Waals surface area (Å²) in [5.41, 5.74) is -3.13. The summed E-state index contributed by atoms with van der Waals surface area (Å²) >= 11 is 0. The number of aromatic hydroxyl groups is 1. The number of phenolic OH excluding ortho intramolecular Hbond substituents is 1. The molecular formula is C19H17N5O14S3. The smallest absolute Gasteiger partial charge is 0.397 e. The second-order valence-electron chi connectivity index (χ2n) is 7.92. The number of rotatable bonds is 11. The molecule has 3 N–H and O–H groups in total. The number of fused-ring (bicyclic) bond motifs is 1. The zero-order valence-corrected chi connectivity index (χ0v) is 22.7. The molecule has 0 atom stereocenters. The molecule has 3 rings (SSSR count). The zero-order chi connectivity index (χ0) is 30.9. The Morgan fingerprint density at radius 3 is 2.12 bits per heavy atom. The summed E-state index contributed by atoms with van der Waals surface area (Å²) in [5.74, 6) is -0.907. The Bertz CT molecular complexity index is 1930. The summed E-state index contributed by atoms with van der Waals surface area (Å²) in [5, 5.41) is 39.8. The van der Waals surface area contributed by atoms with E-state index in [1.54, 1.807) is 0 Å². The molecule has 0 aliphatic carbocycles. The molecule has 0 saturated heterocycles. The van der Waals surface area contributed by atoms with Gasteiger partial charge < -0.3 is 5.11 Å². The minimum absolute atomic E-state index is 0.157. The highest BCUT2D eigenvalue weighted by Crippen LogP contribution is 2.43. The van der Waals surface area contributed by atoms with E-state index in [1.807, 2.05) is 0 Å². The van der Waals surface area contributed by atoms with Gasteiger partial charge in [-0.2, -0.15) is 16.8 Å². The summed E-state index contributed by atoms with van der Waals surface area (Å²) in [4.78, 5) is 19.3. The molecule has 0 radical (unpaired) electrons. The molecular weight excluding hydrogens is 618 g/mol. The predicted octanol–water partition coefficient (Wildman–Crippen LogP) is 2.61. The molecule has 19 nitrogen and oxygen atoms in total. The first kappa shape index (κ1) is 31.2. The number of non-ortho nitro benzene ring substituents is 1. The van der Waals surface area contributed by atoms with Crippen molar-refractivity contribution < 1.29 is 53.5 Å². The molecule has 0 heterocycles. The van der Waals surface area contributed by atoms with E-state index in [-0.39, 0.29) is 16.5 Å². The maximum Gasteiger partial charge on any atom is 0.397 e. The van der Waals surface area contributed by atoms with Crippen LogP contribution in [0.2, 0.25) is 0 Å². The Labute approximate surface area is 230 Å². The number of hydrogen-bond donors (Lipinski definition) is 3. The zero-order valence-electron chi connectivity index (χ0n) is 20.2. The number of azo groups is 1. The van der Waals surface area contributed by atoms with Gasteiger partial charge >= 0.3 is 16.1 Å². The van der Waals surface area contributed by atoms with E-state index in [9.17, 15) is 55.1 Å². The van der Waals surface area contributed by atoms with Crippen LogP contribution in [0, 0.1) is 20.2 Å². The van der Waals surface area contributed by atoms with Crippen molar-refractivity contribution in [2.45, 2.75) is 4.90 Å². The molecule has 0 amide bonds. The fourth-order valence-corrected chi connectivity index (χ4v) is 5.30. The Hall–Kier alpha value is -4.35. The van der Waals surface area contributed by atoms with Gasteiger partial charge in [-0.1, -0.05) is 0 Å². The summed E-state index contributed by atoms with van der Waals surface area (Å²) in [6.45, 7) is -1.43. The summed E-state index contributed by atoms with van der Waals surface area (Å²) < 4.78 is 93.6. The molecule has 0 unspecified atom stereocenters. The topological polar surface area (TPSA) is 287 Å². The van der Waals surface area contributed by atoms with Crippen LogP contribution in [0.3, 0.4) is 0 Å². The number of nitro groups is 2. The van der Waals surface area contributed by atoms with Crippen LogP contribution in [0.25, 0.3) is 10.8 Å². The van der Waals surface area contributed by atoms with Gasteiger partial charge in [-0.3, -0.25) is 33.6 Å². The normalized spacial score (nSPS) is 12.6. The number of nitro benzene ring substituents is 2. The minimum atomic E-state index is -5.17. The van der Waals surface area contributed by atoms with Crippen LogP contribution < -0.4 is 4.31 Å². The van der Waals surface area contributed by atoms with Crippen LogP contribution in [-0.4, -0.2) is 68.7 Å². The van der Waals surface area contributed by atoms with Crippen LogP contribution in [0.1, 0.15) is 0 Å².